The van der Waals surface area contributed by atoms with Gasteiger partial charge in [0.05, 0.1) is 5.92 Å². The summed E-state index contributed by atoms with van der Waals surface area (Å²) >= 11 is 0. The summed E-state index contributed by atoms with van der Waals surface area (Å²) in [5.74, 6) is -1.19. The second kappa shape index (κ2) is 3.41. The largest absolute Gasteiger partial charge is 0.481 e. The molecule has 1 aliphatic heterocycles. The van der Waals surface area contributed by atoms with Gasteiger partial charge in [-0.25, -0.2) is 0 Å². The molecule has 1 rings (SSSR count). The summed E-state index contributed by atoms with van der Waals surface area (Å²) in [5.41, 5.74) is 5.73. The number of hydrogen-bond acceptors (Lipinski definition) is 3. The summed E-state index contributed by atoms with van der Waals surface area (Å²) < 4.78 is 0. The molecule has 12 heavy (non-hydrogen) atoms. The highest BCUT2D eigenvalue weighted by molar-refractivity contribution is 5.72. The lowest BCUT2D eigenvalue weighted by atomic mass is 9.86. The van der Waals surface area contributed by atoms with Crippen molar-refractivity contribution in [1.29, 1.82) is 0 Å². The van der Waals surface area contributed by atoms with E-state index in [0.29, 0.717) is 0 Å². The maximum atomic E-state index is 10.8. The van der Waals surface area contributed by atoms with Gasteiger partial charge in [0.15, 0.2) is 0 Å². The van der Waals surface area contributed by atoms with Crippen LogP contribution in [0.1, 0.15) is 13.3 Å². The molecule has 4 nitrogen and oxygen atoms in total. The van der Waals surface area contributed by atoms with Crippen LogP contribution in [0.5, 0.6) is 0 Å². The molecule has 0 aromatic rings. The molecule has 3 N–H and O–H groups in total. The number of nitrogens with two attached hydrogens (primary N) is 1. The van der Waals surface area contributed by atoms with Crippen molar-refractivity contribution in [3.63, 3.8) is 0 Å². The summed E-state index contributed by atoms with van der Waals surface area (Å²) in [4.78, 5) is 12.9. The van der Waals surface area contributed by atoms with Gasteiger partial charge in [0.2, 0.25) is 0 Å². The number of carboxylic acid groups (broad SMARTS) is 1. The molecule has 1 fully saturated rings. The average molecular weight is 172 g/mol. The molecule has 0 radical (unpaired) electrons. The Labute approximate surface area is 72.3 Å². The van der Waals surface area contributed by atoms with Crippen molar-refractivity contribution in [2.24, 2.45) is 11.7 Å². The Bertz CT molecular complexity index is 184. The third kappa shape index (κ3) is 1.59. The van der Waals surface area contributed by atoms with E-state index in [1.54, 1.807) is 0 Å². The zero-order valence-electron chi connectivity index (χ0n) is 7.53. The highest BCUT2D eigenvalue weighted by atomic mass is 16.4. The van der Waals surface area contributed by atoms with Crippen LogP contribution < -0.4 is 5.73 Å². The molecule has 0 aromatic heterocycles. The number of rotatable bonds is 1. The normalized spacial score (nSPS) is 38.1. The SMILES string of the molecule is CC1C(C(=O)O)C(N)CCN1C. The molecule has 0 bridgehead atoms. The van der Waals surface area contributed by atoms with E-state index < -0.39 is 11.9 Å². The van der Waals surface area contributed by atoms with Crippen LogP contribution in [0.4, 0.5) is 0 Å². The van der Waals surface area contributed by atoms with E-state index in [2.05, 4.69) is 0 Å². The average Bonchev–Trinajstić information content (AvgIpc) is 1.97. The Kier molecular flexibility index (Phi) is 2.69. The van der Waals surface area contributed by atoms with Crippen molar-refractivity contribution < 1.29 is 9.90 Å². The third-order valence-electron chi connectivity index (χ3n) is 2.78. The number of piperidine rings is 1. The minimum Gasteiger partial charge on any atom is -0.481 e. The van der Waals surface area contributed by atoms with Crippen LogP contribution in [0.3, 0.4) is 0 Å². The number of nitrogens with zero attached hydrogens (tertiary/aromatic N) is 1. The molecule has 1 heterocycles. The monoisotopic (exact) mass is 172 g/mol. The molecule has 0 saturated carbocycles. The minimum absolute atomic E-state index is 0.0475. The van der Waals surface area contributed by atoms with Gasteiger partial charge < -0.3 is 15.7 Å². The Balaban J connectivity index is 2.71. The second-order valence-corrected chi connectivity index (χ2v) is 3.54. The lowest BCUT2D eigenvalue weighted by Gasteiger charge is -2.38. The van der Waals surface area contributed by atoms with E-state index in [4.69, 9.17) is 10.8 Å². The van der Waals surface area contributed by atoms with Gasteiger partial charge in [0.25, 0.3) is 0 Å². The minimum atomic E-state index is -0.776. The molecule has 0 spiro atoms. The number of hydrogen-bond donors (Lipinski definition) is 2. The van der Waals surface area contributed by atoms with E-state index in [1.807, 2.05) is 18.9 Å². The maximum Gasteiger partial charge on any atom is 0.309 e. The molecule has 3 atom stereocenters. The smallest absolute Gasteiger partial charge is 0.309 e. The first kappa shape index (κ1) is 9.48. The van der Waals surface area contributed by atoms with Gasteiger partial charge in [0.1, 0.15) is 0 Å². The summed E-state index contributed by atoms with van der Waals surface area (Å²) in [7, 11) is 1.94. The quantitative estimate of drug-likeness (QED) is 0.572. The molecule has 0 aromatic carbocycles. The van der Waals surface area contributed by atoms with Gasteiger partial charge >= 0.3 is 5.97 Å². The third-order valence-corrected chi connectivity index (χ3v) is 2.78. The molecule has 0 amide bonds. The number of aliphatic carboxylic acids is 1. The van der Waals surface area contributed by atoms with Crippen LogP contribution in [-0.2, 0) is 4.79 Å². The van der Waals surface area contributed by atoms with Crippen LogP contribution in [0.15, 0.2) is 0 Å². The Morgan fingerprint density at radius 2 is 2.25 bits per heavy atom. The standard InChI is InChI=1S/C8H16N2O2/c1-5-7(8(11)12)6(9)3-4-10(5)2/h5-7H,3-4,9H2,1-2H3,(H,11,12). The van der Waals surface area contributed by atoms with Gasteiger partial charge in [0, 0.05) is 12.1 Å². The topological polar surface area (TPSA) is 66.6 Å². The lowest BCUT2D eigenvalue weighted by Crippen LogP contribution is -2.54. The van der Waals surface area contributed by atoms with E-state index in [0.717, 1.165) is 13.0 Å². The second-order valence-electron chi connectivity index (χ2n) is 3.54. The summed E-state index contributed by atoms with van der Waals surface area (Å²) in [6.07, 6.45) is 0.776. The fourth-order valence-electron chi connectivity index (χ4n) is 1.76. The van der Waals surface area contributed by atoms with E-state index >= 15 is 0 Å². The molecule has 4 heteroatoms. The molecule has 70 valence electrons. The van der Waals surface area contributed by atoms with Crippen molar-refractivity contribution in [2.45, 2.75) is 25.4 Å². The zero-order chi connectivity index (χ0) is 9.30. The Morgan fingerprint density at radius 1 is 1.67 bits per heavy atom. The molecule has 1 saturated heterocycles. The Hall–Kier alpha value is -0.610. The van der Waals surface area contributed by atoms with Crippen molar-refractivity contribution in [3.8, 4) is 0 Å². The maximum absolute atomic E-state index is 10.8. The predicted molar refractivity (Wildman–Crippen MR) is 45.8 cm³/mol. The van der Waals surface area contributed by atoms with Gasteiger partial charge in [-0.15, -0.1) is 0 Å². The van der Waals surface area contributed by atoms with Crippen LogP contribution >= 0.6 is 0 Å². The first-order valence-electron chi connectivity index (χ1n) is 4.22. The molecule has 3 unspecified atom stereocenters. The highest BCUT2D eigenvalue weighted by Gasteiger charge is 2.36. The van der Waals surface area contributed by atoms with E-state index in [9.17, 15) is 4.79 Å². The van der Waals surface area contributed by atoms with Crippen molar-refractivity contribution in [2.75, 3.05) is 13.6 Å². The van der Waals surface area contributed by atoms with Gasteiger partial charge in [-0.1, -0.05) is 0 Å². The summed E-state index contributed by atoms with van der Waals surface area (Å²) in [5, 5.41) is 8.89. The van der Waals surface area contributed by atoms with Crippen LogP contribution in [0, 0.1) is 5.92 Å². The fourth-order valence-corrected chi connectivity index (χ4v) is 1.76. The number of carboxylic acids is 1. The summed E-state index contributed by atoms with van der Waals surface area (Å²) in [6, 6.07) is -0.139. The lowest BCUT2D eigenvalue weighted by molar-refractivity contribution is -0.146. The van der Waals surface area contributed by atoms with Gasteiger partial charge in [-0.3, -0.25) is 4.79 Å². The molecule has 1 aliphatic rings. The van der Waals surface area contributed by atoms with Crippen LogP contribution in [0.2, 0.25) is 0 Å². The highest BCUT2D eigenvalue weighted by Crippen LogP contribution is 2.21. The van der Waals surface area contributed by atoms with Crippen LogP contribution in [-0.4, -0.2) is 41.7 Å². The van der Waals surface area contributed by atoms with Crippen molar-refractivity contribution in [3.05, 3.63) is 0 Å². The Morgan fingerprint density at radius 3 is 2.67 bits per heavy atom. The van der Waals surface area contributed by atoms with Gasteiger partial charge in [-0.2, -0.15) is 0 Å². The van der Waals surface area contributed by atoms with Gasteiger partial charge in [-0.05, 0) is 26.9 Å². The van der Waals surface area contributed by atoms with Crippen LogP contribution in [0.25, 0.3) is 0 Å². The number of carbonyl (C=O) groups is 1. The van der Waals surface area contributed by atoms with E-state index in [-0.39, 0.29) is 12.1 Å². The van der Waals surface area contributed by atoms with E-state index in [1.165, 1.54) is 0 Å². The summed E-state index contributed by atoms with van der Waals surface area (Å²) in [6.45, 7) is 2.81. The van der Waals surface area contributed by atoms with Crippen molar-refractivity contribution >= 4 is 5.97 Å². The fraction of sp³-hybridized carbons (Fsp3) is 0.875. The molecule has 0 aliphatic carbocycles. The molecular formula is C8H16N2O2. The first-order chi connectivity index (χ1) is 5.54. The number of likely N-dealkylation sites (tertiary alicyclic amines) is 1. The molecular weight excluding hydrogens is 156 g/mol. The first-order valence-corrected chi connectivity index (χ1v) is 4.22. The zero-order valence-corrected chi connectivity index (χ0v) is 7.53. The predicted octanol–water partition coefficient (Wildman–Crippen LogP) is -0.261. The van der Waals surface area contributed by atoms with Crippen molar-refractivity contribution in [1.82, 2.24) is 4.90 Å².